The first kappa shape index (κ1) is 14.4. The third kappa shape index (κ3) is 3.66. The van der Waals surface area contributed by atoms with Crippen molar-refractivity contribution in [3.05, 3.63) is 21.9 Å². The van der Waals surface area contributed by atoms with Crippen LogP contribution in [0.4, 0.5) is 0 Å². The number of amides is 1. The fraction of sp³-hybridized carbons (Fsp3) is 0.417. The van der Waals surface area contributed by atoms with Crippen molar-refractivity contribution in [1.29, 1.82) is 0 Å². The largest absolute Gasteiger partial charge is 0.448 e. The minimum absolute atomic E-state index is 0.101. The van der Waals surface area contributed by atoms with E-state index >= 15 is 0 Å². The standard InChI is InChI=1S/C12H15NO4S/c1-4-13-11(15)8(3)17-12(16)10-6-5-9(18-10)7(2)14/h5-6,8H,4H2,1-3H3,(H,13,15). The van der Waals surface area contributed by atoms with Crippen LogP contribution in [0.25, 0.3) is 0 Å². The molecule has 0 aromatic carbocycles. The molecule has 1 N–H and O–H groups in total. The molecule has 18 heavy (non-hydrogen) atoms. The Bertz CT molecular complexity index is 466. The van der Waals surface area contributed by atoms with Crippen LogP contribution in [-0.4, -0.2) is 30.3 Å². The number of esters is 1. The zero-order chi connectivity index (χ0) is 13.7. The molecule has 1 unspecified atom stereocenters. The molecule has 0 aliphatic carbocycles. The predicted molar refractivity (Wildman–Crippen MR) is 67.9 cm³/mol. The Morgan fingerprint density at radius 3 is 2.44 bits per heavy atom. The predicted octanol–water partition coefficient (Wildman–Crippen LogP) is 1.63. The van der Waals surface area contributed by atoms with Gasteiger partial charge in [-0.05, 0) is 32.9 Å². The highest BCUT2D eigenvalue weighted by atomic mass is 32.1. The van der Waals surface area contributed by atoms with Crippen molar-refractivity contribution in [3.63, 3.8) is 0 Å². The fourth-order valence-electron chi connectivity index (χ4n) is 1.23. The number of thiophene rings is 1. The van der Waals surface area contributed by atoms with E-state index in [4.69, 9.17) is 4.74 Å². The van der Waals surface area contributed by atoms with Crippen LogP contribution in [-0.2, 0) is 9.53 Å². The van der Waals surface area contributed by atoms with E-state index in [2.05, 4.69) is 5.32 Å². The molecular formula is C12H15NO4S. The second-order valence-electron chi connectivity index (χ2n) is 3.66. The molecule has 0 aliphatic rings. The molecule has 1 aromatic heterocycles. The van der Waals surface area contributed by atoms with E-state index in [9.17, 15) is 14.4 Å². The van der Waals surface area contributed by atoms with E-state index in [-0.39, 0.29) is 11.7 Å². The molecule has 0 bridgehead atoms. The summed E-state index contributed by atoms with van der Waals surface area (Å²) in [7, 11) is 0. The van der Waals surface area contributed by atoms with Gasteiger partial charge in [-0.1, -0.05) is 0 Å². The SMILES string of the molecule is CCNC(=O)C(C)OC(=O)c1ccc(C(C)=O)s1. The van der Waals surface area contributed by atoms with Gasteiger partial charge in [-0.3, -0.25) is 9.59 Å². The zero-order valence-electron chi connectivity index (χ0n) is 10.5. The zero-order valence-corrected chi connectivity index (χ0v) is 11.3. The normalized spacial score (nSPS) is 11.7. The molecule has 6 heteroatoms. The third-order valence-electron chi connectivity index (χ3n) is 2.16. The third-order valence-corrected chi connectivity index (χ3v) is 3.32. The van der Waals surface area contributed by atoms with Gasteiger partial charge in [-0.2, -0.15) is 0 Å². The van der Waals surface area contributed by atoms with Gasteiger partial charge in [-0.25, -0.2) is 4.79 Å². The summed E-state index contributed by atoms with van der Waals surface area (Å²) in [5.74, 6) is -1.03. The molecule has 1 amide bonds. The minimum Gasteiger partial charge on any atom is -0.448 e. The van der Waals surface area contributed by atoms with E-state index in [1.165, 1.54) is 19.9 Å². The Hall–Kier alpha value is -1.69. The molecule has 0 spiro atoms. The molecule has 1 atom stereocenters. The van der Waals surface area contributed by atoms with Crippen LogP contribution in [0.5, 0.6) is 0 Å². The number of ether oxygens (including phenoxy) is 1. The van der Waals surface area contributed by atoms with Crippen LogP contribution in [0.2, 0.25) is 0 Å². The van der Waals surface area contributed by atoms with Crippen molar-refractivity contribution in [2.24, 2.45) is 0 Å². The number of hydrogen-bond acceptors (Lipinski definition) is 5. The summed E-state index contributed by atoms with van der Waals surface area (Å²) in [5.41, 5.74) is 0. The number of Topliss-reactive ketones (excluding diaryl/α,β-unsaturated/α-hetero) is 1. The van der Waals surface area contributed by atoms with Crippen molar-refractivity contribution in [2.45, 2.75) is 26.9 Å². The smallest absolute Gasteiger partial charge is 0.349 e. The lowest BCUT2D eigenvalue weighted by Gasteiger charge is -2.11. The molecule has 1 rings (SSSR count). The number of hydrogen-bond donors (Lipinski definition) is 1. The molecular weight excluding hydrogens is 254 g/mol. The van der Waals surface area contributed by atoms with Gasteiger partial charge < -0.3 is 10.1 Å². The quantitative estimate of drug-likeness (QED) is 0.651. The van der Waals surface area contributed by atoms with Crippen LogP contribution >= 0.6 is 11.3 Å². The summed E-state index contributed by atoms with van der Waals surface area (Å²) in [4.78, 5) is 35.0. The number of ketones is 1. The summed E-state index contributed by atoms with van der Waals surface area (Å²) in [6.07, 6.45) is -0.847. The van der Waals surface area contributed by atoms with E-state index in [1.807, 2.05) is 0 Å². The lowest BCUT2D eigenvalue weighted by atomic mass is 10.3. The molecule has 1 aromatic rings. The molecule has 0 aliphatic heterocycles. The summed E-state index contributed by atoms with van der Waals surface area (Å²) in [6, 6.07) is 3.09. The average Bonchev–Trinajstić information content (AvgIpc) is 2.78. The van der Waals surface area contributed by atoms with Gasteiger partial charge in [0, 0.05) is 6.54 Å². The summed E-state index contributed by atoms with van der Waals surface area (Å²) < 4.78 is 4.99. The minimum atomic E-state index is -0.847. The van der Waals surface area contributed by atoms with Gasteiger partial charge in [-0.15, -0.1) is 11.3 Å². The monoisotopic (exact) mass is 269 g/mol. The van der Waals surface area contributed by atoms with Gasteiger partial charge >= 0.3 is 5.97 Å². The second-order valence-corrected chi connectivity index (χ2v) is 4.75. The van der Waals surface area contributed by atoms with Crippen LogP contribution < -0.4 is 5.32 Å². The van der Waals surface area contributed by atoms with Crippen LogP contribution in [0.1, 0.15) is 40.1 Å². The lowest BCUT2D eigenvalue weighted by molar-refractivity contribution is -0.128. The van der Waals surface area contributed by atoms with E-state index in [0.717, 1.165) is 11.3 Å². The molecule has 5 nitrogen and oxygen atoms in total. The van der Waals surface area contributed by atoms with Crippen LogP contribution in [0.3, 0.4) is 0 Å². The summed E-state index contributed by atoms with van der Waals surface area (Å²) in [6.45, 7) is 5.19. The molecule has 1 heterocycles. The first-order chi connectivity index (χ1) is 8.45. The second kappa shape index (κ2) is 6.30. The Balaban J connectivity index is 2.64. The van der Waals surface area contributed by atoms with E-state index < -0.39 is 12.1 Å². The number of nitrogens with one attached hydrogen (secondary N) is 1. The maximum Gasteiger partial charge on any atom is 0.349 e. The molecule has 0 radical (unpaired) electrons. The van der Waals surface area contributed by atoms with Gasteiger partial charge in [0.05, 0.1) is 4.88 Å². The average molecular weight is 269 g/mol. The summed E-state index contributed by atoms with van der Waals surface area (Å²) >= 11 is 1.06. The fourth-order valence-corrected chi connectivity index (χ4v) is 2.01. The highest BCUT2D eigenvalue weighted by Crippen LogP contribution is 2.18. The number of rotatable bonds is 5. The first-order valence-corrected chi connectivity index (χ1v) is 6.36. The topological polar surface area (TPSA) is 72.5 Å². The van der Waals surface area contributed by atoms with E-state index in [0.29, 0.717) is 16.3 Å². The number of likely N-dealkylation sites (N-methyl/N-ethyl adjacent to an activating group) is 1. The van der Waals surface area contributed by atoms with Gasteiger partial charge in [0.2, 0.25) is 0 Å². The number of carbonyl (C=O) groups excluding carboxylic acids is 3. The van der Waals surface area contributed by atoms with Crippen molar-refractivity contribution in [2.75, 3.05) is 6.54 Å². The van der Waals surface area contributed by atoms with Crippen molar-refractivity contribution >= 4 is 29.0 Å². The first-order valence-electron chi connectivity index (χ1n) is 5.55. The van der Waals surface area contributed by atoms with Gasteiger partial charge in [0.25, 0.3) is 5.91 Å². The van der Waals surface area contributed by atoms with E-state index in [1.54, 1.807) is 13.0 Å². The van der Waals surface area contributed by atoms with Gasteiger partial charge in [0.15, 0.2) is 11.9 Å². The molecule has 98 valence electrons. The molecule has 0 fully saturated rings. The van der Waals surface area contributed by atoms with Crippen LogP contribution in [0, 0.1) is 0 Å². The van der Waals surface area contributed by atoms with Gasteiger partial charge in [0.1, 0.15) is 4.88 Å². The Morgan fingerprint density at radius 2 is 1.94 bits per heavy atom. The Morgan fingerprint density at radius 1 is 1.33 bits per heavy atom. The van der Waals surface area contributed by atoms with Crippen molar-refractivity contribution in [1.82, 2.24) is 5.32 Å². The Labute approximate surface area is 109 Å². The maximum atomic E-state index is 11.7. The van der Waals surface area contributed by atoms with Crippen LogP contribution in [0.15, 0.2) is 12.1 Å². The highest BCUT2D eigenvalue weighted by molar-refractivity contribution is 7.15. The number of carbonyl (C=O) groups is 3. The van der Waals surface area contributed by atoms with Crippen molar-refractivity contribution in [3.8, 4) is 0 Å². The molecule has 0 saturated heterocycles. The highest BCUT2D eigenvalue weighted by Gasteiger charge is 2.19. The van der Waals surface area contributed by atoms with Crippen molar-refractivity contribution < 1.29 is 19.1 Å². The lowest BCUT2D eigenvalue weighted by Crippen LogP contribution is -2.35. The molecule has 0 saturated carbocycles. The Kier molecular flexibility index (Phi) is 5.03. The summed E-state index contributed by atoms with van der Waals surface area (Å²) in [5, 5.41) is 2.56. The maximum absolute atomic E-state index is 11.7.